The molecular weight excluding hydrogens is 372 g/mol. The Balaban J connectivity index is 0.00000176. The van der Waals surface area contributed by atoms with E-state index < -0.39 is 0 Å². The highest BCUT2D eigenvalue weighted by Gasteiger charge is 2.22. The van der Waals surface area contributed by atoms with Crippen molar-refractivity contribution in [2.45, 2.75) is 12.5 Å². The smallest absolute Gasteiger partial charge is 0.246 e. The van der Waals surface area contributed by atoms with Crippen molar-refractivity contribution in [1.29, 1.82) is 0 Å². The number of ether oxygens (including phenoxy) is 2. The number of carbonyl (C=O) groups excluding carboxylic acids is 1. The van der Waals surface area contributed by atoms with E-state index in [1.165, 1.54) is 0 Å². The van der Waals surface area contributed by atoms with Gasteiger partial charge in [0.2, 0.25) is 5.91 Å². The molecule has 2 N–H and O–H groups in total. The van der Waals surface area contributed by atoms with Gasteiger partial charge >= 0.3 is 0 Å². The highest BCUT2D eigenvalue weighted by atomic mass is 79.9. The van der Waals surface area contributed by atoms with E-state index in [0.717, 1.165) is 28.8 Å². The van der Waals surface area contributed by atoms with Crippen molar-refractivity contribution >= 4 is 40.3 Å². The first-order chi connectivity index (χ1) is 10.1. The maximum absolute atomic E-state index is 12.1. The van der Waals surface area contributed by atoms with E-state index in [2.05, 4.69) is 15.9 Å². The molecule has 7 heteroatoms. The zero-order chi connectivity index (χ0) is 14.8. The minimum atomic E-state index is -0.00559. The maximum Gasteiger partial charge on any atom is 0.246 e. The molecule has 0 aliphatic carbocycles. The van der Waals surface area contributed by atoms with Crippen LogP contribution in [0.4, 0.5) is 0 Å². The third kappa shape index (κ3) is 3.74. The summed E-state index contributed by atoms with van der Waals surface area (Å²) in [5.41, 5.74) is 6.70. The molecule has 120 valence electrons. The number of halogens is 2. The van der Waals surface area contributed by atoms with Gasteiger partial charge in [0.05, 0.1) is 4.47 Å². The van der Waals surface area contributed by atoms with Crippen molar-refractivity contribution in [1.82, 2.24) is 4.90 Å². The SMILES string of the molecule is Cl.NC1CCN(C(=O)/C=C/c2cc(Br)c3c(c2)OCCO3)C1. The lowest BCUT2D eigenvalue weighted by molar-refractivity contribution is -0.124. The molecule has 1 unspecified atom stereocenters. The average Bonchev–Trinajstić information content (AvgIpc) is 2.91. The van der Waals surface area contributed by atoms with E-state index in [4.69, 9.17) is 15.2 Å². The molecule has 3 rings (SSSR count). The number of nitrogens with two attached hydrogens (primary N) is 1. The molecule has 0 spiro atoms. The quantitative estimate of drug-likeness (QED) is 0.788. The number of hydrogen-bond acceptors (Lipinski definition) is 4. The number of hydrogen-bond donors (Lipinski definition) is 1. The third-order valence-electron chi connectivity index (χ3n) is 3.57. The Bertz CT molecular complexity index is 594. The lowest BCUT2D eigenvalue weighted by Crippen LogP contribution is -2.30. The lowest BCUT2D eigenvalue weighted by Gasteiger charge is -2.20. The molecule has 0 saturated carbocycles. The third-order valence-corrected chi connectivity index (χ3v) is 4.16. The number of nitrogens with zero attached hydrogens (tertiary/aromatic N) is 1. The molecule has 2 aliphatic heterocycles. The number of fused-ring (bicyclic) bond motifs is 1. The molecule has 5 nitrogen and oxygen atoms in total. The van der Waals surface area contributed by atoms with Crippen molar-refractivity contribution in [3.63, 3.8) is 0 Å². The first-order valence-corrected chi connectivity index (χ1v) is 7.74. The van der Waals surface area contributed by atoms with Gasteiger partial charge in [0.1, 0.15) is 13.2 Å². The van der Waals surface area contributed by atoms with Crippen LogP contribution in [0.1, 0.15) is 12.0 Å². The van der Waals surface area contributed by atoms with Gasteiger partial charge in [-0.1, -0.05) is 0 Å². The van der Waals surface area contributed by atoms with Crippen molar-refractivity contribution < 1.29 is 14.3 Å². The number of carbonyl (C=O) groups is 1. The Morgan fingerprint density at radius 3 is 2.86 bits per heavy atom. The molecule has 0 aromatic heterocycles. The normalized spacial score (nSPS) is 20.1. The van der Waals surface area contributed by atoms with E-state index in [1.807, 2.05) is 12.1 Å². The van der Waals surface area contributed by atoms with Gasteiger partial charge in [-0.05, 0) is 46.1 Å². The second-order valence-corrected chi connectivity index (χ2v) is 6.05. The molecule has 2 aliphatic rings. The molecule has 1 saturated heterocycles. The highest BCUT2D eigenvalue weighted by molar-refractivity contribution is 9.10. The molecule has 1 amide bonds. The van der Waals surface area contributed by atoms with Gasteiger partial charge in [-0.25, -0.2) is 0 Å². The highest BCUT2D eigenvalue weighted by Crippen LogP contribution is 2.38. The second-order valence-electron chi connectivity index (χ2n) is 5.19. The fourth-order valence-corrected chi connectivity index (χ4v) is 3.06. The van der Waals surface area contributed by atoms with Gasteiger partial charge in [-0.15, -0.1) is 12.4 Å². The summed E-state index contributed by atoms with van der Waals surface area (Å²) < 4.78 is 11.9. The van der Waals surface area contributed by atoms with E-state index in [1.54, 1.807) is 17.1 Å². The van der Waals surface area contributed by atoms with Gasteiger partial charge in [0, 0.05) is 25.2 Å². The molecule has 1 fully saturated rings. The summed E-state index contributed by atoms with van der Waals surface area (Å²) in [6.07, 6.45) is 4.24. The van der Waals surface area contributed by atoms with Crippen LogP contribution in [0, 0.1) is 0 Å². The zero-order valence-corrected chi connectivity index (χ0v) is 14.4. The average molecular weight is 390 g/mol. The van der Waals surface area contributed by atoms with E-state index in [0.29, 0.717) is 25.5 Å². The van der Waals surface area contributed by atoms with Crippen LogP contribution in [0.25, 0.3) is 6.08 Å². The summed E-state index contributed by atoms with van der Waals surface area (Å²) in [7, 11) is 0. The van der Waals surface area contributed by atoms with Gasteiger partial charge in [-0.2, -0.15) is 0 Å². The van der Waals surface area contributed by atoms with Gasteiger partial charge in [0.25, 0.3) is 0 Å². The summed E-state index contributed by atoms with van der Waals surface area (Å²) in [6.45, 7) is 2.45. The molecule has 1 atom stereocenters. The lowest BCUT2D eigenvalue weighted by atomic mass is 10.1. The molecule has 0 radical (unpaired) electrons. The van der Waals surface area contributed by atoms with Crippen LogP contribution in [-0.2, 0) is 4.79 Å². The van der Waals surface area contributed by atoms with Crippen molar-refractivity contribution in [2.24, 2.45) is 5.73 Å². The number of benzene rings is 1. The van der Waals surface area contributed by atoms with Crippen LogP contribution < -0.4 is 15.2 Å². The second kappa shape index (κ2) is 7.35. The summed E-state index contributed by atoms with van der Waals surface area (Å²) in [4.78, 5) is 13.8. The number of rotatable bonds is 2. The summed E-state index contributed by atoms with van der Waals surface area (Å²) in [6, 6.07) is 3.89. The Morgan fingerprint density at radius 2 is 2.14 bits per heavy atom. The Morgan fingerprint density at radius 1 is 1.36 bits per heavy atom. The van der Waals surface area contributed by atoms with Crippen LogP contribution in [0.2, 0.25) is 0 Å². The van der Waals surface area contributed by atoms with Crippen molar-refractivity contribution in [3.8, 4) is 11.5 Å². The van der Waals surface area contributed by atoms with Crippen LogP contribution in [-0.4, -0.2) is 43.2 Å². The molecule has 1 aromatic carbocycles. The topological polar surface area (TPSA) is 64.8 Å². The Labute approximate surface area is 144 Å². The number of likely N-dealkylation sites (tertiary alicyclic amines) is 1. The first-order valence-electron chi connectivity index (χ1n) is 6.95. The minimum absolute atomic E-state index is 0. The molecule has 22 heavy (non-hydrogen) atoms. The predicted molar refractivity (Wildman–Crippen MR) is 90.6 cm³/mol. The van der Waals surface area contributed by atoms with Crippen LogP contribution >= 0.6 is 28.3 Å². The van der Waals surface area contributed by atoms with Gasteiger partial charge in [0.15, 0.2) is 11.5 Å². The minimum Gasteiger partial charge on any atom is -0.486 e. The van der Waals surface area contributed by atoms with Gasteiger partial charge in [-0.3, -0.25) is 4.79 Å². The van der Waals surface area contributed by atoms with Crippen LogP contribution in [0.15, 0.2) is 22.7 Å². The van der Waals surface area contributed by atoms with Crippen molar-refractivity contribution in [2.75, 3.05) is 26.3 Å². The summed E-state index contributed by atoms with van der Waals surface area (Å²) in [5, 5.41) is 0. The fraction of sp³-hybridized carbons (Fsp3) is 0.400. The van der Waals surface area contributed by atoms with Gasteiger partial charge < -0.3 is 20.1 Å². The maximum atomic E-state index is 12.1. The fourth-order valence-electron chi connectivity index (χ4n) is 2.49. The first kappa shape index (κ1) is 17.1. The van der Waals surface area contributed by atoms with Crippen molar-refractivity contribution in [3.05, 3.63) is 28.2 Å². The predicted octanol–water partition coefficient (Wildman–Crippen LogP) is 2.21. The number of amides is 1. The summed E-state index contributed by atoms with van der Waals surface area (Å²) >= 11 is 3.46. The van der Waals surface area contributed by atoms with E-state index in [9.17, 15) is 4.79 Å². The standard InChI is InChI=1S/C15H17BrN2O3.ClH/c16-12-7-10(8-13-15(12)21-6-5-20-13)1-2-14(19)18-4-3-11(17)9-18;/h1-2,7-8,11H,3-6,9,17H2;1H/b2-1+;. The van der Waals surface area contributed by atoms with Crippen LogP contribution in [0.5, 0.6) is 11.5 Å². The monoisotopic (exact) mass is 388 g/mol. The molecule has 1 aromatic rings. The van der Waals surface area contributed by atoms with Crippen LogP contribution in [0.3, 0.4) is 0 Å². The Kier molecular flexibility index (Phi) is 5.72. The molecular formula is C15H18BrClN2O3. The summed E-state index contributed by atoms with van der Waals surface area (Å²) in [5.74, 6) is 1.41. The molecule has 2 heterocycles. The Hall–Kier alpha value is -1.24. The largest absolute Gasteiger partial charge is 0.486 e. The molecule has 0 bridgehead atoms. The van der Waals surface area contributed by atoms with E-state index in [-0.39, 0.29) is 24.4 Å². The van der Waals surface area contributed by atoms with E-state index >= 15 is 0 Å². The zero-order valence-electron chi connectivity index (χ0n) is 12.0.